The molecule has 0 unspecified atom stereocenters. The van der Waals surface area contributed by atoms with Crippen LogP contribution in [0, 0.1) is 0 Å². The van der Waals surface area contributed by atoms with E-state index in [1.54, 1.807) is 0 Å². The predicted octanol–water partition coefficient (Wildman–Crippen LogP) is 4.41. The molecule has 4 nitrogen and oxygen atoms in total. The first-order valence-corrected chi connectivity index (χ1v) is 8.98. The molecule has 0 spiro atoms. The van der Waals surface area contributed by atoms with Gasteiger partial charge in [-0.15, -0.1) is 0 Å². The Kier molecular flexibility index (Phi) is 5.49. The number of nitrogens with zero attached hydrogens (tertiary/aromatic N) is 1. The number of carbonyl (C=O) groups excluding carboxylic acids is 2. The zero-order valence-electron chi connectivity index (χ0n) is 14.6. The van der Waals surface area contributed by atoms with Crippen molar-refractivity contribution in [3.05, 3.63) is 59.7 Å². The van der Waals surface area contributed by atoms with E-state index in [9.17, 15) is 9.59 Å². The van der Waals surface area contributed by atoms with Gasteiger partial charge in [0.25, 0.3) is 5.91 Å². The van der Waals surface area contributed by atoms with E-state index in [0.717, 1.165) is 42.6 Å². The first-order valence-electron chi connectivity index (χ1n) is 8.98. The molecule has 0 atom stereocenters. The third kappa shape index (κ3) is 4.08. The second kappa shape index (κ2) is 7.97. The highest BCUT2D eigenvalue weighted by molar-refractivity contribution is 6.07. The number of nitrogens with one attached hydrogen (secondary N) is 1. The van der Waals surface area contributed by atoms with Crippen molar-refractivity contribution in [1.29, 1.82) is 0 Å². The van der Waals surface area contributed by atoms with Crippen LogP contribution in [0.2, 0.25) is 0 Å². The average molecular weight is 336 g/mol. The van der Waals surface area contributed by atoms with Gasteiger partial charge in [-0.05, 0) is 49.1 Å². The maximum Gasteiger partial charge on any atom is 0.258 e. The summed E-state index contributed by atoms with van der Waals surface area (Å²) in [5, 5.41) is 2.95. The van der Waals surface area contributed by atoms with E-state index in [-0.39, 0.29) is 11.8 Å². The van der Waals surface area contributed by atoms with Crippen LogP contribution in [0.15, 0.2) is 48.5 Å². The van der Waals surface area contributed by atoms with Crippen molar-refractivity contribution in [2.24, 2.45) is 0 Å². The quantitative estimate of drug-likeness (QED) is 0.879. The minimum Gasteiger partial charge on any atom is -0.326 e. The van der Waals surface area contributed by atoms with Crippen molar-refractivity contribution < 1.29 is 9.59 Å². The molecule has 3 rings (SSSR count). The Bertz CT molecular complexity index is 756. The Hall–Kier alpha value is -2.62. The summed E-state index contributed by atoms with van der Waals surface area (Å²) >= 11 is 0. The van der Waals surface area contributed by atoms with Gasteiger partial charge in [0, 0.05) is 29.9 Å². The number of hydrogen-bond acceptors (Lipinski definition) is 2. The van der Waals surface area contributed by atoms with Gasteiger partial charge in [-0.1, -0.05) is 37.6 Å². The largest absolute Gasteiger partial charge is 0.326 e. The van der Waals surface area contributed by atoms with Gasteiger partial charge in [0.1, 0.15) is 0 Å². The molecule has 0 fully saturated rings. The molecular weight excluding hydrogens is 312 g/mol. The number of benzene rings is 2. The summed E-state index contributed by atoms with van der Waals surface area (Å²) in [5.74, 6) is 0.0366. The number of hydrogen-bond donors (Lipinski definition) is 1. The van der Waals surface area contributed by atoms with E-state index in [1.165, 1.54) is 0 Å². The first kappa shape index (κ1) is 17.2. The Morgan fingerprint density at radius 1 is 1.12 bits per heavy atom. The highest BCUT2D eigenvalue weighted by Crippen LogP contribution is 2.31. The average Bonchev–Trinajstić information content (AvgIpc) is 2.66. The van der Waals surface area contributed by atoms with E-state index < -0.39 is 0 Å². The smallest absolute Gasteiger partial charge is 0.258 e. The molecular formula is C21H24N2O2. The van der Waals surface area contributed by atoms with Crippen LogP contribution in [0.1, 0.15) is 48.5 Å². The minimum atomic E-state index is 0.0102. The Morgan fingerprint density at radius 2 is 1.92 bits per heavy atom. The highest BCUT2D eigenvalue weighted by atomic mass is 16.2. The fourth-order valence-corrected chi connectivity index (χ4v) is 3.16. The number of anilines is 2. The summed E-state index contributed by atoms with van der Waals surface area (Å²) in [5.41, 5.74) is 3.51. The van der Waals surface area contributed by atoms with Crippen molar-refractivity contribution in [2.75, 3.05) is 16.8 Å². The molecule has 4 heteroatoms. The van der Waals surface area contributed by atoms with Crippen molar-refractivity contribution in [2.45, 2.75) is 39.0 Å². The minimum absolute atomic E-state index is 0.0102. The van der Waals surface area contributed by atoms with Crippen LogP contribution >= 0.6 is 0 Å². The van der Waals surface area contributed by atoms with Crippen molar-refractivity contribution in [3.8, 4) is 0 Å². The maximum atomic E-state index is 12.9. The van der Waals surface area contributed by atoms with Crippen LogP contribution in [-0.2, 0) is 11.2 Å². The molecule has 0 aromatic heterocycles. The molecule has 2 aromatic rings. The Morgan fingerprint density at radius 3 is 2.68 bits per heavy atom. The predicted molar refractivity (Wildman–Crippen MR) is 101 cm³/mol. The van der Waals surface area contributed by atoms with Gasteiger partial charge < -0.3 is 10.2 Å². The van der Waals surface area contributed by atoms with Crippen LogP contribution < -0.4 is 10.2 Å². The molecule has 0 aliphatic carbocycles. The standard InChI is InChI=1S/C21H24N2O2/c1-2-3-11-20(24)22-18-13-12-16-10-7-14-23(19(16)15-18)21(25)17-8-5-4-6-9-17/h4-6,8-9,12-13,15H,2-3,7,10-11,14H2,1H3,(H,22,24). The molecule has 1 N–H and O–H groups in total. The lowest BCUT2D eigenvalue weighted by Gasteiger charge is -2.30. The fraction of sp³-hybridized carbons (Fsp3) is 0.333. The zero-order chi connectivity index (χ0) is 17.6. The molecule has 2 aromatic carbocycles. The van der Waals surface area contributed by atoms with Gasteiger partial charge in [-0.3, -0.25) is 9.59 Å². The SMILES string of the molecule is CCCCC(=O)Nc1ccc2c(c1)N(C(=O)c1ccccc1)CCC2. The van der Waals surface area contributed by atoms with E-state index in [2.05, 4.69) is 12.2 Å². The second-order valence-electron chi connectivity index (χ2n) is 6.42. The monoisotopic (exact) mass is 336 g/mol. The van der Waals surface area contributed by atoms with Crippen molar-refractivity contribution in [1.82, 2.24) is 0 Å². The van der Waals surface area contributed by atoms with Gasteiger partial charge in [0.05, 0.1) is 0 Å². The van der Waals surface area contributed by atoms with Crippen LogP contribution in [-0.4, -0.2) is 18.4 Å². The number of aryl methyl sites for hydroxylation is 1. The molecule has 1 aliphatic heterocycles. The van der Waals surface area contributed by atoms with E-state index >= 15 is 0 Å². The molecule has 1 aliphatic rings. The molecule has 0 saturated carbocycles. The molecule has 2 amide bonds. The molecule has 1 heterocycles. The lowest BCUT2D eigenvalue weighted by Crippen LogP contribution is -2.35. The Labute approximate surface area is 148 Å². The van der Waals surface area contributed by atoms with Crippen molar-refractivity contribution >= 4 is 23.2 Å². The highest BCUT2D eigenvalue weighted by Gasteiger charge is 2.24. The van der Waals surface area contributed by atoms with Crippen LogP contribution in [0.3, 0.4) is 0 Å². The summed E-state index contributed by atoms with van der Waals surface area (Å²) in [7, 11) is 0. The summed E-state index contributed by atoms with van der Waals surface area (Å²) in [6.07, 6.45) is 4.32. The number of unbranched alkanes of at least 4 members (excludes halogenated alkanes) is 1. The summed E-state index contributed by atoms with van der Waals surface area (Å²) < 4.78 is 0. The van der Waals surface area contributed by atoms with Crippen LogP contribution in [0.25, 0.3) is 0 Å². The summed E-state index contributed by atoms with van der Waals surface area (Å²) in [6.45, 7) is 2.77. The second-order valence-corrected chi connectivity index (χ2v) is 6.42. The number of rotatable bonds is 5. The van der Waals surface area contributed by atoms with Gasteiger partial charge in [0.2, 0.25) is 5.91 Å². The zero-order valence-corrected chi connectivity index (χ0v) is 14.6. The molecule has 130 valence electrons. The maximum absolute atomic E-state index is 12.9. The molecule has 0 bridgehead atoms. The van der Waals surface area contributed by atoms with Gasteiger partial charge >= 0.3 is 0 Å². The van der Waals surface area contributed by atoms with Gasteiger partial charge in [0.15, 0.2) is 0 Å². The number of amides is 2. The topological polar surface area (TPSA) is 49.4 Å². The number of carbonyl (C=O) groups is 2. The molecule has 25 heavy (non-hydrogen) atoms. The van der Waals surface area contributed by atoms with Gasteiger partial charge in [-0.25, -0.2) is 0 Å². The van der Waals surface area contributed by atoms with E-state index in [4.69, 9.17) is 0 Å². The lowest BCUT2D eigenvalue weighted by molar-refractivity contribution is -0.116. The normalized spacial score (nSPS) is 13.2. The van der Waals surface area contributed by atoms with E-state index in [0.29, 0.717) is 18.5 Å². The molecule has 0 radical (unpaired) electrons. The first-order chi connectivity index (χ1) is 12.2. The lowest BCUT2D eigenvalue weighted by atomic mass is 10.00. The molecule has 0 saturated heterocycles. The summed E-state index contributed by atoms with van der Waals surface area (Å²) in [6, 6.07) is 15.2. The van der Waals surface area contributed by atoms with Crippen LogP contribution in [0.5, 0.6) is 0 Å². The Balaban J connectivity index is 1.83. The third-order valence-electron chi connectivity index (χ3n) is 4.51. The van der Waals surface area contributed by atoms with Crippen molar-refractivity contribution in [3.63, 3.8) is 0 Å². The summed E-state index contributed by atoms with van der Waals surface area (Å²) in [4.78, 5) is 26.7. The van der Waals surface area contributed by atoms with Crippen LogP contribution in [0.4, 0.5) is 11.4 Å². The number of fused-ring (bicyclic) bond motifs is 1. The third-order valence-corrected chi connectivity index (χ3v) is 4.51. The van der Waals surface area contributed by atoms with E-state index in [1.807, 2.05) is 53.4 Å². The van der Waals surface area contributed by atoms with Gasteiger partial charge in [-0.2, -0.15) is 0 Å². The fourth-order valence-electron chi connectivity index (χ4n) is 3.16.